The van der Waals surface area contributed by atoms with Crippen LogP contribution in [-0.2, 0) is 16.0 Å². The van der Waals surface area contributed by atoms with E-state index in [2.05, 4.69) is 4.74 Å². The van der Waals surface area contributed by atoms with Gasteiger partial charge in [0, 0.05) is 6.07 Å². The Labute approximate surface area is 101 Å². The fraction of sp³-hybridized carbons (Fsp3) is 0.300. The Morgan fingerprint density at radius 3 is 2.76 bits per heavy atom. The Kier molecular flexibility index (Phi) is 4.39. The molecule has 1 aromatic carbocycles. The molecule has 92 valence electrons. The minimum atomic E-state index is -0.999. The fourth-order valence-electron chi connectivity index (χ4n) is 1.27. The minimum Gasteiger partial charge on any atom is -0.468 e. The number of esters is 1. The number of halogens is 2. The van der Waals surface area contributed by atoms with Crippen LogP contribution in [0.15, 0.2) is 18.2 Å². The number of nitro groups is 1. The number of ether oxygens (including phenoxy) is 1. The third kappa shape index (κ3) is 3.67. The van der Waals surface area contributed by atoms with E-state index in [-0.39, 0.29) is 17.7 Å². The van der Waals surface area contributed by atoms with E-state index in [0.717, 1.165) is 12.1 Å². The van der Waals surface area contributed by atoms with E-state index in [4.69, 9.17) is 11.6 Å². The maximum absolute atomic E-state index is 13.1. The zero-order chi connectivity index (χ0) is 13.0. The van der Waals surface area contributed by atoms with E-state index in [1.807, 2.05) is 0 Å². The van der Waals surface area contributed by atoms with Crippen molar-refractivity contribution in [3.05, 3.63) is 39.7 Å². The molecule has 0 N–H and O–H groups in total. The van der Waals surface area contributed by atoms with Crippen LogP contribution >= 0.6 is 11.6 Å². The molecule has 1 rings (SSSR count). The van der Waals surface area contributed by atoms with Gasteiger partial charge in [0.2, 0.25) is 0 Å². The normalized spacial score (nSPS) is 11.9. The summed E-state index contributed by atoms with van der Waals surface area (Å²) in [5, 5.41) is 9.50. The lowest BCUT2D eigenvalue weighted by molar-refractivity contribution is -0.385. The predicted octanol–water partition coefficient (Wildman–Crippen LogP) is 2.06. The summed E-state index contributed by atoms with van der Waals surface area (Å²) in [6, 6.07) is 3.05. The summed E-state index contributed by atoms with van der Waals surface area (Å²) in [4.78, 5) is 20.8. The molecule has 1 atom stereocenters. The number of hydrogen-bond donors (Lipinski definition) is 0. The van der Waals surface area contributed by atoms with Crippen LogP contribution in [-0.4, -0.2) is 23.4 Å². The maximum atomic E-state index is 13.1. The highest BCUT2D eigenvalue weighted by Crippen LogP contribution is 2.19. The van der Waals surface area contributed by atoms with Gasteiger partial charge in [-0.25, -0.2) is 4.39 Å². The first-order valence-corrected chi connectivity index (χ1v) is 5.03. The van der Waals surface area contributed by atoms with Crippen LogP contribution in [0, 0.1) is 15.9 Å². The molecule has 0 aliphatic heterocycles. The van der Waals surface area contributed by atoms with Crippen LogP contribution in [0.25, 0.3) is 0 Å². The second-order valence-corrected chi connectivity index (χ2v) is 3.80. The molecule has 5 nitrogen and oxygen atoms in total. The van der Waals surface area contributed by atoms with Crippen molar-refractivity contribution in [1.29, 1.82) is 0 Å². The number of nitrogens with zero attached hydrogens (tertiary/aromatic N) is 1. The van der Waals surface area contributed by atoms with Gasteiger partial charge in [-0.3, -0.25) is 14.9 Å². The van der Waals surface area contributed by atoms with Crippen molar-refractivity contribution in [3.8, 4) is 0 Å². The number of methoxy groups -OCH3 is 1. The molecule has 17 heavy (non-hydrogen) atoms. The lowest BCUT2D eigenvalue weighted by Crippen LogP contribution is -2.18. The molecular formula is C10H9ClFNO4. The van der Waals surface area contributed by atoms with E-state index in [9.17, 15) is 19.3 Å². The van der Waals surface area contributed by atoms with Gasteiger partial charge in [0.1, 0.15) is 11.2 Å². The van der Waals surface area contributed by atoms with Gasteiger partial charge in [-0.2, -0.15) is 0 Å². The molecule has 0 saturated heterocycles. The second-order valence-electron chi connectivity index (χ2n) is 3.27. The summed E-state index contributed by atoms with van der Waals surface area (Å²) in [5.74, 6) is -1.42. The molecule has 7 heteroatoms. The van der Waals surface area contributed by atoms with Crippen molar-refractivity contribution in [3.63, 3.8) is 0 Å². The van der Waals surface area contributed by atoms with Crippen molar-refractivity contribution < 1.29 is 18.8 Å². The molecule has 0 aliphatic rings. The maximum Gasteiger partial charge on any atom is 0.324 e. The first kappa shape index (κ1) is 13.4. The third-order valence-corrected chi connectivity index (χ3v) is 2.36. The second kappa shape index (κ2) is 5.58. The highest BCUT2D eigenvalue weighted by molar-refractivity contribution is 6.30. The van der Waals surface area contributed by atoms with Crippen molar-refractivity contribution in [1.82, 2.24) is 0 Å². The summed E-state index contributed by atoms with van der Waals surface area (Å²) >= 11 is 5.68. The van der Waals surface area contributed by atoms with Gasteiger partial charge in [-0.1, -0.05) is 0 Å². The van der Waals surface area contributed by atoms with E-state index >= 15 is 0 Å². The number of alkyl halides is 1. The third-order valence-electron chi connectivity index (χ3n) is 2.03. The predicted molar refractivity (Wildman–Crippen MR) is 58.4 cm³/mol. The average Bonchev–Trinajstić information content (AvgIpc) is 2.26. The molecule has 0 radical (unpaired) electrons. The first-order valence-electron chi connectivity index (χ1n) is 4.59. The minimum absolute atomic E-state index is 0.0349. The molecule has 0 amide bonds. The number of hydrogen-bond acceptors (Lipinski definition) is 4. The molecule has 0 bridgehead atoms. The molecule has 0 aliphatic carbocycles. The fourth-order valence-corrected chi connectivity index (χ4v) is 1.54. The Balaban J connectivity index is 2.91. The molecule has 0 heterocycles. The van der Waals surface area contributed by atoms with Crippen LogP contribution < -0.4 is 0 Å². The van der Waals surface area contributed by atoms with Crippen molar-refractivity contribution in [2.24, 2.45) is 0 Å². The van der Waals surface area contributed by atoms with E-state index in [0.29, 0.717) is 0 Å². The quantitative estimate of drug-likeness (QED) is 0.360. The number of rotatable bonds is 4. The van der Waals surface area contributed by atoms with Crippen LogP contribution in [0.1, 0.15) is 5.56 Å². The first-order chi connectivity index (χ1) is 7.93. The molecular weight excluding hydrogens is 253 g/mol. The summed E-state index contributed by atoms with van der Waals surface area (Å²) in [5.41, 5.74) is -0.115. The zero-order valence-corrected chi connectivity index (χ0v) is 9.61. The molecule has 0 aromatic heterocycles. The standard InChI is InChI=1S/C10H9ClFNO4/c1-17-10(14)9(11)4-6-2-7(12)5-8(3-6)13(15)16/h2-3,5,9H,4H2,1H3. The highest BCUT2D eigenvalue weighted by atomic mass is 35.5. The van der Waals surface area contributed by atoms with Crippen LogP contribution in [0.4, 0.5) is 10.1 Å². The Hall–Kier alpha value is -1.69. The lowest BCUT2D eigenvalue weighted by Gasteiger charge is -2.07. The lowest BCUT2D eigenvalue weighted by atomic mass is 10.1. The summed E-state index contributed by atoms with van der Waals surface area (Å²) in [6.07, 6.45) is -0.0349. The molecule has 1 unspecified atom stereocenters. The van der Waals surface area contributed by atoms with Gasteiger partial charge < -0.3 is 4.74 Å². The molecule has 0 fully saturated rings. The smallest absolute Gasteiger partial charge is 0.324 e. The van der Waals surface area contributed by atoms with E-state index < -0.39 is 22.1 Å². The van der Waals surface area contributed by atoms with Crippen molar-refractivity contribution in [2.45, 2.75) is 11.8 Å². The SMILES string of the molecule is COC(=O)C(Cl)Cc1cc(F)cc([N+](=O)[O-])c1. The van der Waals surface area contributed by atoms with Crippen LogP contribution in [0.5, 0.6) is 0 Å². The van der Waals surface area contributed by atoms with Gasteiger partial charge in [0.25, 0.3) is 5.69 Å². The largest absolute Gasteiger partial charge is 0.468 e. The topological polar surface area (TPSA) is 69.4 Å². The number of nitro benzene ring substituents is 1. The average molecular weight is 262 g/mol. The summed E-state index contributed by atoms with van der Waals surface area (Å²) < 4.78 is 17.5. The monoisotopic (exact) mass is 261 g/mol. The molecule has 0 spiro atoms. The van der Waals surface area contributed by atoms with Gasteiger partial charge >= 0.3 is 5.97 Å². The van der Waals surface area contributed by atoms with Crippen LogP contribution in [0.2, 0.25) is 0 Å². The Morgan fingerprint density at radius 2 is 2.24 bits per heavy atom. The van der Waals surface area contributed by atoms with Gasteiger partial charge in [0.15, 0.2) is 0 Å². The highest BCUT2D eigenvalue weighted by Gasteiger charge is 2.18. The number of non-ortho nitro benzene ring substituents is 1. The zero-order valence-electron chi connectivity index (χ0n) is 8.85. The van der Waals surface area contributed by atoms with Gasteiger partial charge in [-0.05, 0) is 18.1 Å². The number of carbonyl (C=O) groups excluding carboxylic acids is 1. The van der Waals surface area contributed by atoms with Gasteiger partial charge in [0.05, 0.1) is 18.1 Å². The van der Waals surface area contributed by atoms with Gasteiger partial charge in [-0.15, -0.1) is 11.6 Å². The summed E-state index contributed by atoms with van der Waals surface area (Å²) in [7, 11) is 1.17. The molecule has 0 saturated carbocycles. The number of carbonyl (C=O) groups is 1. The van der Waals surface area contributed by atoms with Crippen LogP contribution in [0.3, 0.4) is 0 Å². The van der Waals surface area contributed by atoms with E-state index in [1.165, 1.54) is 13.2 Å². The Morgan fingerprint density at radius 1 is 1.59 bits per heavy atom. The summed E-state index contributed by atoms with van der Waals surface area (Å²) in [6.45, 7) is 0. The number of benzene rings is 1. The van der Waals surface area contributed by atoms with Crippen molar-refractivity contribution in [2.75, 3.05) is 7.11 Å². The molecule has 1 aromatic rings. The van der Waals surface area contributed by atoms with E-state index in [1.54, 1.807) is 0 Å². The van der Waals surface area contributed by atoms with Crippen molar-refractivity contribution >= 4 is 23.3 Å². The Bertz CT molecular complexity index is 452.